The average molecular weight is 430 g/mol. The fourth-order valence-corrected chi connectivity index (χ4v) is 3.41. The Balaban J connectivity index is 1.80. The largest absolute Gasteiger partial charge is 0.417 e. The predicted octanol–water partition coefficient (Wildman–Crippen LogP) is 3.53. The third kappa shape index (κ3) is 4.24. The van der Waals surface area contributed by atoms with Gasteiger partial charge in [0.2, 0.25) is 0 Å². The van der Waals surface area contributed by atoms with E-state index in [0.29, 0.717) is 11.6 Å². The Bertz CT molecular complexity index is 1170. The van der Waals surface area contributed by atoms with Crippen molar-refractivity contribution in [3.05, 3.63) is 70.9 Å². The number of nitrogens with zero attached hydrogens (tertiary/aromatic N) is 1. The Labute approximate surface area is 162 Å². The lowest BCUT2D eigenvalue weighted by Crippen LogP contribution is -2.41. The van der Waals surface area contributed by atoms with Gasteiger partial charge in [-0.15, -0.1) is 4.83 Å². The highest BCUT2D eigenvalue weighted by molar-refractivity contribution is 7.89. The summed E-state index contributed by atoms with van der Waals surface area (Å²) in [5.41, 5.74) is 1.06. The first-order chi connectivity index (χ1) is 13.1. The van der Waals surface area contributed by atoms with E-state index in [1.54, 1.807) is 35.2 Å². The molecule has 28 heavy (non-hydrogen) atoms. The molecule has 6 nitrogen and oxygen atoms in total. The van der Waals surface area contributed by atoms with Gasteiger partial charge in [-0.1, -0.05) is 35.9 Å². The monoisotopic (exact) mass is 429 g/mol. The second-order valence-electron chi connectivity index (χ2n) is 5.59. The summed E-state index contributed by atoms with van der Waals surface area (Å²) in [5.74, 6) is -0.876. The standard InChI is InChI=1S/C17H11ClF3N3O3S/c18-13-7-6-11(9-12(13)17(19,20)21)28(26,27)24-23-16(25)15-8-5-10-3-1-2-4-14(10)22-15/h1-9,24H,(H,23,25). The summed E-state index contributed by atoms with van der Waals surface area (Å²) < 4.78 is 63.1. The van der Waals surface area contributed by atoms with E-state index in [4.69, 9.17) is 11.6 Å². The molecule has 0 aliphatic rings. The molecule has 0 unspecified atom stereocenters. The van der Waals surface area contributed by atoms with Crippen LogP contribution in [0, 0.1) is 0 Å². The van der Waals surface area contributed by atoms with Gasteiger partial charge in [-0.25, -0.2) is 13.4 Å². The van der Waals surface area contributed by atoms with Crippen LogP contribution in [0.25, 0.3) is 10.9 Å². The highest BCUT2D eigenvalue weighted by Gasteiger charge is 2.34. The van der Waals surface area contributed by atoms with Crippen molar-refractivity contribution in [3.63, 3.8) is 0 Å². The van der Waals surface area contributed by atoms with Crippen molar-refractivity contribution < 1.29 is 26.4 Å². The first-order valence-corrected chi connectivity index (χ1v) is 9.49. The van der Waals surface area contributed by atoms with Crippen molar-refractivity contribution in [1.29, 1.82) is 0 Å². The minimum absolute atomic E-state index is 0.0755. The maximum Gasteiger partial charge on any atom is 0.417 e. The summed E-state index contributed by atoms with van der Waals surface area (Å²) in [4.78, 5) is 17.3. The third-order valence-corrected chi connectivity index (χ3v) is 5.26. The number of pyridine rings is 1. The van der Waals surface area contributed by atoms with Crippen molar-refractivity contribution >= 4 is 38.4 Å². The molecule has 2 N–H and O–H groups in total. The van der Waals surface area contributed by atoms with Crippen LogP contribution in [0.4, 0.5) is 13.2 Å². The molecule has 2 aromatic carbocycles. The van der Waals surface area contributed by atoms with E-state index < -0.39 is 37.6 Å². The number of nitrogens with one attached hydrogen (secondary N) is 2. The van der Waals surface area contributed by atoms with Crippen LogP contribution in [0.3, 0.4) is 0 Å². The zero-order valence-electron chi connectivity index (χ0n) is 13.8. The normalized spacial score (nSPS) is 12.1. The molecule has 0 aliphatic heterocycles. The number of hydrazine groups is 1. The number of fused-ring (bicyclic) bond motifs is 1. The van der Waals surface area contributed by atoms with Gasteiger partial charge in [-0.05, 0) is 30.3 Å². The second-order valence-corrected chi connectivity index (χ2v) is 7.68. The molecule has 1 heterocycles. The van der Waals surface area contributed by atoms with Crippen LogP contribution in [0.1, 0.15) is 16.1 Å². The molecule has 0 atom stereocenters. The molecule has 3 aromatic rings. The fourth-order valence-electron chi connectivity index (χ4n) is 2.32. The van der Waals surface area contributed by atoms with Gasteiger partial charge in [-0.3, -0.25) is 10.2 Å². The molecule has 3 rings (SSSR count). The molecule has 1 aromatic heterocycles. The van der Waals surface area contributed by atoms with Crippen molar-refractivity contribution in [3.8, 4) is 0 Å². The lowest BCUT2D eigenvalue weighted by molar-refractivity contribution is -0.137. The Hall–Kier alpha value is -2.69. The van der Waals surface area contributed by atoms with Crippen LogP contribution in [0.2, 0.25) is 5.02 Å². The molecule has 11 heteroatoms. The lowest BCUT2D eigenvalue weighted by Gasteiger charge is -2.12. The van der Waals surface area contributed by atoms with E-state index in [-0.39, 0.29) is 5.69 Å². The molecular weight excluding hydrogens is 419 g/mol. The van der Waals surface area contributed by atoms with Crippen LogP contribution in [0.5, 0.6) is 0 Å². The van der Waals surface area contributed by atoms with E-state index in [9.17, 15) is 26.4 Å². The van der Waals surface area contributed by atoms with E-state index in [1.807, 2.05) is 5.43 Å². The molecule has 0 saturated carbocycles. The number of rotatable bonds is 4. The number of sulfonamides is 1. The van der Waals surface area contributed by atoms with Gasteiger partial charge in [0.05, 0.1) is 21.0 Å². The number of para-hydroxylation sites is 1. The number of aromatic nitrogens is 1. The quantitative estimate of drug-likeness (QED) is 0.621. The van der Waals surface area contributed by atoms with Crippen molar-refractivity contribution in [2.45, 2.75) is 11.1 Å². The van der Waals surface area contributed by atoms with E-state index in [1.165, 1.54) is 6.07 Å². The number of benzene rings is 2. The summed E-state index contributed by atoms with van der Waals surface area (Å²) in [6.07, 6.45) is -4.83. The van der Waals surface area contributed by atoms with Crippen molar-refractivity contribution in [1.82, 2.24) is 15.2 Å². The van der Waals surface area contributed by atoms with Crippen LogP contribution in [-0.2, 0) is 16.2 Å². The summed E-state index contributed by atoms with van der Waals surface area (Å²) >= 11 is 5.47. The summed E-state index contributed by atoms with van der Waals surface area (Å²) in [6, 6.07) is 12.1. The third-order valence-electron chi connectivity index (χ3n) is 3.68. The molecule has 1 amide bonds. The Morgan fingerprint density at radius 2 is 1.75 bits per heavy atom. The number of carbonyl (C=O) groups is 1. The molecule has 0 fully saturated rings. The van der Waals surface area contributed by atoms with Crippen LogP contribution >= 0.6 is 11.6 Å². The number of carbonyl (C=O) groups excluding carboxylic acids is 1. The number of hydrogen-bond donors (Lipinski definition) is 2. The SMILES string of the molecule is O=C(NNS(=O)(=O)c1ccc(Cl)c(C(F)(F)F)c1)c1ccc2ccccc2n1. The predicted molar refractivity (Wildman–Crippen MR) is 96.0 cm³/mol. The first kappa shape index (κ1) is 20.1. The zero-order chi connectivity index (χ0) is 20.5. The topological polar surface area (TPSA) is 88.2 Å². The van der Waals surface area contributed by atoms with Crippen LogP contribution in [0.15, 0.2) is 59.5 Å². The molecular formula is C17H11ClF3N3O3S. The number of hydrogen-bond acceptors (Lipinski definition) is 4. The highest BCUT2D eigenvalue weighted by atomic mass is 35.5. The summed E-state index contributed by atoms with van der Waals surface area (Å²) in [5, 5.41) is 0.135. The maximum atomic E-state index is 12.9. The maximum absolute atomic E-state index is 12.9. The van der Waals surface area contributed by atoms with Crippen molar-refractivity contribution in [2.24, 2.45) is 0 Å². The van der Waals surface area contributed by atoms with Crippen LogP contribution < -0.4 is 10.3 Å². The van der Waals surface area contributed by atoms with Gasteiger partial charge in [0.15, 0.2) is 0 Å². The smallest absolute Gasteiger partial charge is 0.272 e. The molecule has 146 valence electrons. The number of alkyl halides is 3. The average Bonchev–Trinajstić information content (AvgIpc) is 2.65. The highest BCUT2D eigenvalue weighted by Crippen LogP contribution is 2.35. The van der Waals surface area contributed by atoms with E-state index in [0.717, 1.165) is 17.5 Å². The molecule has 0 aliphatic carbocycles. The Kier molecular flexibility index (Phi) is 5.28. The first-order valence-electron chi connectivity index (χ1n) is 7.62. The van der Waals surface area contributed by atoms with Gasteiger partial charge >= 0.3 is 6.18 Å². The molecule has 0 bridgehead atoms. The number of halogens is 4. The zero-order valence-corrected chi connectivity index (χ0v) is 15.4. The minimum atomic E-state index is -4.83. The molecule has 0 radical (unpaired) electrons. The Morgan fingerprint density at radius 1 is 1.04 bits per heavy atom. The van der Waals surface area contributed by atoms with Gasteiger partial charge in [0, 0.05) is 5.39 Å². The van der Waals surface area contributed by atoms with Gasteiger partial charge in [0.1, 0.15) is 5.69 Å². The summed E-state index contributed by atoms with van der Waals surface area (Å²) in [7, 11) is -4.47. The van der Waals surface area contributed by atoms with Gasteiger partial charge in [-0.2, -0.15) is 13.2 Å². The minimum Gasteiger partial charge on any atom is -0.272 e. The Morgan fingerprint density at radius 3 is 2.46 bits per heavy atom. The van der Waals surface area contributed by atoms with E-state index in [2.05, 4.69) is 4.98 Å². The van der Waals surface area contributed by atoms with Crippen molar-refractivity contribution in [2.75, 3.05) is 0 Å². The second kappa shape index (κ2) is 7.38. The lowest BCUT2D eigenvalue weighted by atomic mass is 10.2. The summed E-state index contributed by atoms with van der Waals surface area (Å²) in [6.45, 7) is 0. The molecule has 0 saturated heterocycles. The molecule has 0 spiro atoms. The number of amides is 1. The fraction of sp³-hybridized carbons (Fsp3) is 0.0588. The van der Waals surface area contributed by atoms with Gasteiger partial charge in [0.25, 0.3) is 15.9 Å². The van der Waals surface area contributed by atoms with E-state index >= 15 is 0 Å². The van der Waals surface area contributed by atoms with Gasteiger partial charge < -0.3 is 0 Å². The van der Waals surface area contributed by atoms with Crippen LogP contribution in [-0.4, -0.2) is 19.3 Å².